The summed E-state index contributed by atoms with van der Waals surface area (Å²) in [4.78, 5) is 10.6. The van der Waals surface area contributed by atoms with Crippen molar-refractivity contribution in [3.63, 3.8) is 0 Å². The number of ether oxygens (including phenoxy) is 1. The fourth-order valence-electron chi connectivity index (χ4n) is 1.46. The molecule has 0 bridgehead atoms. The van der Waals surface area contributed by atoms with E-state index >= 15 is 0 Å². The molecule has 2 rings (SSSR count). The average molecular weight is 150 g/mol. The molecule has 1 spiro atoms. The van der Waals surface area contributed by atoms with Crippen LogP contribution in [0.2, 0.25) is 0 Å². The first-order chi connectivity index (χ1) is 5.27. The van der Waals surface area contributed by atoms with Gasteiger partial charge in [0, 0.05) is 11.8 Å². The van der Waals surface area contributed by atoms with Gasteiger partial charge in [-0.1, -0.05) is 5.92 Å². The van der Waals surface area contributed by atoms with Crippen LogP contribution in [0.15, 0.2) is 0 Å². The summed E-state index contributed by atoms with van der Waals surface area (Å²) in [5, 5.41) is 0. The fraction of sp³-hybridized carbons (Fsp3) is 0.667. The van der Waals surface area contributed by atoms with E-state index in [2.05, 4.69) is 16.6 Å². The maximum Gasteiger partial charge on any atom is 0.384 e. The van der Waals surface area contributed by atoms with Crippen LogP contribution in [0.25, 0.3) is 0 Å². The number of esters is 1. The summed E-state index contributed by atoms with van der Waals surface area (Å²) in [6.07, 6.45) is 3.83. The van der Waals surface area contributed by atoms with Crippen LogP contribution < -0.4 is 0 Å². The summed E-state index contributed by atoms with van der Waals surface area (Å²) in [6.45, 7) is 0. The van der Waals surface area contributed by atoms with Crippen molar-refractivity contribution in [3.05, 3.63) is 0 Å². The molecule has 0 aromatic heterocycles. The second kappa shape index (κ2) is 2.01. The molecular formula is C9H10O2. The Labute approximate surface area is 65.9 Å². The Morgan fingerprint density at radius 3 is 2.82 bits per heavy atom. The monoisotopic (exact) mass is 150 g/mol. The second-order valence-electron chi connectivity index (χ2n) is 3.38. The van der Waals surface area contributed by atoms with E-state index < -0.39 is 5.97 Å². The molecule has 0 heterocycles. The summed E-state index contributed by atoms with van der Waals surface area (Å²) in [5.41, 5.74) is 0.570. The number of hydrogen-bond acceptors (Lipinski definition) is 2. The van der Waals surface area contributed by atoms with Gasteiger partial charge in [0.05, 0.1) is 7.11 Å². The summed E-state index contributed by atoms with van der Waals surface area (Å²) in [6, 6.07) is 0. The fourth-order valence-corrected chi connectivity index (χ4v) is 1.46. The predicted molar refractivity (Wildman–Crippen MR) is 39.6 cm³/mol. The van der Waals surface area contributed by atoms with Crippen molar-refractivity contribution >= 4 is 5.97 Å². The lowest BCUT2D eigenvalue weighted by Gasteiger charge is -1.83. The van der Waals surface area contributed by atoms with Crippen LogP contribution in [-0.4, -0.2) is 13.1 Å². The standard InChI is InChI=1S/C9H10O2/c1-11-8(10)3-2-7-6-9(7)4-5-9/h7H,4-6H2,1H3. The third-order valence-electron chi connectivity index (χ3n) is 2.62. The predicted octanol–water partition coefficient (Wildman–Crippen LogP) is 0.963. The Kier molecular flexibility index (Phi) is 1.23. The van der Waals surface area contributed by atoms with E-state index in [-0.39, 0.29) is 0 Å². The molecule has 0 N–H and O–H groups in total. The van der Waals surface area contributed by atoms with Gasteiger partial charge < -0.3 is 4.74 Å². The molecule has 0 saturated heterocycles. The Bertz CT molecular complexity index is 252. The van der Waals surface area contributed by atoms with Gasteiger partial charge in [0.2, 0.25) is 0 Å². The average Bonchev–Trinajstić information content (AvgIpc) is 2.90. The van der Waals surface area contributed by atoms with Crippen LogP contribution in [0, 0.1) is 23.2 Å². The van der Waals surface area contributed by atoms with E-state index in [1.54, 1.807) is 0 Å². The topological polar surface area (TPSA) is 26.3 Å². The van der Waals surface area contributed by atoms with Crippen LogP contribution >= 0.6 is 0 Å². The molecule has 0 aromatic carbocycles. The van der Waals surface area contributed by atoms with Crippen LogP contribution in [-0.2, 0) is 9.53 Å². The molecule has 1 unspecified atom stereocenters. The van der Waals surface area contributed by atoms with E-state index in [1.165, 1.54) is 26.4 Å². The number of methoxy groups -OCH3 is 1. The van der Waals surface area contributed by atoms with Crippen molar-refractivity contribution in [2.24, 2.45) is 11.3 Å². The molecule has 11 heavy (non-hydrogen) atoms. The summed E-state index contributed by atoms with van der Waals surface area (Å²) in [7, 11) is 1.36. The van der Waals surface area contributed by atoms with Crippen molar-refractivity contribution in [2.75, 3.05) is 7.11 Å². The van der Waals surface area contributed by atoms with Crippen LogP contribution in [0.3, 0.4) is 0 Å². The molecule has 2 fully saturated rings. The summed E-state index contributed by atoms with van der Waals surface area (Å²) < 4.78 is 4.40. The van der Waals surface area contributed by atoms with Gasteiger partial charge in [-0.05, 0) is 24.7 Å². The minimum atomic E-state index is -0.410. The van der Waals surface area contributed by atoms with Crippen LogP contribution in [0.5, 0.6) is 0 Å². The zero-order valence-electron chi connectivity index (χ0n) is 6.52. The number of carbonyl (C=O) groups excluding carboxylic acids is 1. The third kappa shape index (κ3) is 1.11. The first-order valence-electron chi connectivity index (χ1n) is 3.86. The highest BCUT2D eigenvalue weighted by Gasteiger charge is 2.62. The molecule has 0 amide bonds. The molecular weight excluding hydrogens is 140 g/mol. The number of carbonyl (C=O) groups is 1. The molecule has 2 aliphatic rings. The maximum atomic E-state index is 10.6. The van der Waals surface area contributed by atoms with Gasteiger partial charge in [0.1, 0.15) is 0 Å². The van der Waals surface area contributed by atoms with Crippen LogP contribution in [0.1, 0.15) is 19.3 Å². The van der Waals surface area contributed by atoms with E-state index in [0.29, 0.717) is 11.3 Å². The lowest BCUT2D eigenvalue weighted by atomic mass is 10.3. The summed E-state index contributed by atoms with van der Waals surface area (Å²) >= 11 is 0. The van der Waals surface area contributed by atoms with Crippen LogP contribution in [0.4, 0.5) is 0 Å². The zero-order chi connectivity index (χ0) is 7.90. The quantitative estimate of drug-likeness (QED) is 0.292. The normalized spacial score (nSPS) is 28.6. The number of hydrogen-bond donors (Lipinski definition) is 0. The minimum absolute atomic E-state index is 0.410. The molecule has 0 radical (unpaired) electrons. The lowest BCUT2D eigenvalue weighted by Crippen LogP contribution is -1.94. The van der Waals surface area contributed by atoms with Gasteiger partial charge in [-0.2, -0.15) is 0 Å². The molecule has 2 saturated carbocycles. The molecule has 0 aliphatic heterocycles. The van der Waals surface area contributed by atoms with Crippen molar-refractivity contribution in [2.45, 2.75) is 19.3 Å². The largest absolute Gasteiger partial charge is 0.459 e. The van der Waals surface area contributed by atoms with Crippen molar-refractivity contribution in [1.29, 1.82) is 0 Å². The molecule has 2 heteroatoms. The van der Waals surface area contributed by atoms with Gasteiger partial charge in [0.25, 0.3) is 0 Å². The Hall–Kier alpha value is -0.970. The minimum Gasteiger partial charge on any atom is -0.459 e. The third-order valence-corrected chi connectivity index (χ3v) is 2.62. The molecule has 1 atom stereocenters. The second-order valence-corrected chi connectivity index (χ2v) is 3.38. The Balaban J connectivity index is 1.88. The van der Waals surface area contributed by atoms with Gasteiger partial charge in [0.15, 0.2) is 0 Å². The smallest absolute Gasteiger partial charge is 0.384 e. The van der Waals surface area contributed by atoms with E-state index in [4.69, 9.17) is 0 Å². The first-order valence-corrected chi connectivity index (χ1v) is 3.86. The molecule has 0 aromatic rings. The van der Waals surface area contributed by atoms with E-state index in [1.807, 2.05) is 0 Å². The zero-order valence-corrected chi connectivity index (χ0v) is 6.52. The maximum absolute atomic E-state index is 10.6. The molecule has 2 aliphatic carbocycles. The lowest BCUT2D eigenvalue weighted by molar-refractivity contribution is -0.133. The van der Waals surface area contributed by atoms with E-state index in [9.17, 15) is 4.79 Å². The van der Waals surface area contributed by atoms with Gasteiger partial charge in [-0.15, -0.1) is 0 Å². The highest BCUT2D eigenvalue weighted by molar-refractivity contribution is 5.88. The highest BCUT2D eigenvalue weighted by atomic mass is 16.5. The van der Waals surface area contributed by atoms with Gasteiger partial charge in [-0.3, -0.25) is 0 Å². The highest BCUT2D eigenvalue weighted by Crippen LogP contribution is 2.70. The molecule has 2 nitrogen and oxygen atoms in total. The molecule has 58 valence electrons. The number of rotatable bonds is 0. The SMILES string of the molecule is COC(=O)C#CC1CC12CC2. The summed E-state index contributed by atoms with van der Waals surface area (Å²) in [5.74, 6) is 5.51. The van der Waals surface area contributed by atoms with Gasteiger partial charge in [-0.25, -0.2) is 4.79 Å². The Morgan fingerprint density at radius 2 is 2.36 bits per heavy atom. The van der Waals surface area contributed by atoms with E-state index in [0.717, 1.165) is 0 Å². The Morgan fingerprint density at radius 1 is 1.64 bits per heavy atom. The van der Waals surface area contributed by atoms with Crippen molar-refractivity contribution in [1.82, 2.24) is 0 Å². The first kappa shape index (κ1) is 6.72. The van der Waals surface area contributed by atoms with Gasteiger partial charge >= 0.3 is 5.97 Å². The van der Waals surface area contributed by atoms with Crippen molar-refractivity contribution in [3.8, 4) is 11.8 Å². The van der Waals surface area contributed by atoms with Crippen molar-refractivity contribution < 1.29 is 9.53 Å².